The predicted molar refractivity (Wildman–Crippen MR) is 145 cm³/mol. The van der Waals surface area contributed by atoms with E-state index in [4.69, 9.17) is 21.5 Å². The lowest BCUT2D eigenvalue weighted by atomic mass is 9.99. The lowest BCUT2D eigenvalue weighted by Crippen LogP contribution is -2.44. The second kappa shape index (κ2) is 14.1. The minimum absolute atomic E-state index is 0.0472. The van der Waals surface area contributed by atoms with Crippen LogP contribution in [0.1, 0.15) is 65.9 Å². The van der Waals surface area contributed by atoms with Gasteiger partial charge in [-0.25, -0.2) is 4.39 Å². The summed E-state index contributed by atoms with van der Waals surface area (Å²) in [5.41, 5.74) is 2.75. The van der Waals surface area contributed by atoms with Gasteiger partial charge in [0.15, 0.2) is 0 Å². The molecule has 3 N–H and O–H groups in total. The molecule has 2 aromatic rings. The number of piperidine rings is 1. The number of aryl methyl sites for hydroxylation is 1. The van der Waals surface area contributed by atoms with E-state index in [1.54, 1.807) is 13.0 Å². The van der Waals surface area contributed by atoms with Crippen molar-refractivity contribution in [3.05, 3.63) is 61.3 Å². The zero-order valence-corrected chi connectivity index (χ0v) is 23.0. The van der Waals surface area contributed by atoms with Gasteiger partial charge in [0.1, 0.15) is 5.82 Å². The maximum Gasteiger partial charge on any atom is 0.290 e. The number of rotatable bonds is 8. The Bertz CT molecular complexity index is 1150. The fourth-order valence-electron chi connectivity index (χ4n) is 4.89. The smallest absolute Gasteiger partial charge is 0.290 e. The molecule has 3 rings (SSSR count). The van der Waals surface area contributed by atoms with Crippen molar-refractivity contribution in [3.63, 3.8) is 0 Å². The average Bonchev–Trinajstić information content (AvgIpc) is 2.86. The predicted octanol–water partition coefficient (Wildman–Crippen LogP) is 4.29. The molecule has 0 spiro atoms. The fourth-order valence-corrected chi connectivity index (χ4v) is 5.10. The van der Waals surface area contributed by atoms with Crippen molar-refractivity contribution in [2.24, 2.45) is 0 Å². The molecular formula is C27H38ClFN4O4. The highest BCUT2D eigenvalue weighted by Crippen LogP contribution is 2.31. The Morgan fingerprint density at radius 1 is 1.27 bits per heavy atom. The van der Waals surface area contributed by atoms with Gasteiger partial charge < -0.3 is 25.2 Å². The number of hydrogen-bond donors (Lipinski definition) is 3. The zero-order valence-electron chi connectivity index (χ0n) is 22.3. The molecule has 1 aromatic heterocycles. The number of anilines is 1. The van der Waals surface area contributed by atoms with E-state index in [0.717, 1.165) is 43.7 Å². The van der Waals surface area contributed by atoms with Crippen LogP contribution in [0.3, 0.4) is 0 Å². The number of likely N-dealkylation sites (tertiary alicyclic amines) is 1. The van der Waals surface area contributed by atoms with Gasteiger partial charge in [-0.3, -0.25) is 14.4 Å². The monoisotopic (exact) mass is 536 g/mol. The van der Waals surface area contributed by atoms with Gasteiger partial charge in [-0.2, -0.15) is 0 Å². The van der Waals surface area contributed by atoms with Crippen molar-refractivity contribution in [2.75, 3.05) is 31.6 Å². The summed E-state index contributed by atoms with van der Waals surface area (Å²) in [6.45, 7) is 10.1. The molecule has 1 aliphatic heterocycles. The summed E-state index contributed by atoms with van der Waals surface area (Å²) >= 11 is 6.46. The lowest BCUT2D eigenvalue weighted by molar-refractivity contribution is -0.122. The summed E-state index contributed by atoms with van der Waals surface area (Å²) in [6, 6.07) is 3.97. The summed E-state index contributed by atoms with van der Waals surface area (Å²) in [5.74, 6) is -0.743. The number of nitrogens with one attached hydrogen (secondary N) is 2. The van der Waals surface area contributed by atoms with Crippen LogP contribution in [0.5, 0.6) is 0 Å². The van der Waals surface area contributed by atoms with Crippen molar-refractivity contribution >= 4 is 29.7 Å². The van der Waals surface area contributed by atoms with Crippen molar-refractivity contribution in [1.29, 1.82) is 0 Å². The molecule has 1 aromatic carbocycles. The van der Waals surface area contributed by atoms with E-state index in [1.165, 1.54) is 0 Å². The molecular weight excluding hydrogens is 499 g/mol. The number of carboxylic acid groups (broad SMARTS) is 1. The number of aromatic amines is 1. The summed E-state index contributed by atoms with van der Waals surface area (Å²) < 4.78 is 14.7. The topological polar surface area (TPSA) is 106 Å². The minimum atomic E-state index is -0.413. The van der Waals surface area contributed by atoms with Crippen LogP contribution < -0.4 is 15.8 Å². The van der Waals surface area contributed by atoms with Crippen LogP contribution in [0.25, 0.3) is 0 Å². The van der Waals surface area contributed by atoms with Crippen LogP contribution in [0, 0.1) is 19.7 Å². The van der Waals surface area contributed by atoms with Crippen LogP contribution in [-0.2, 0) is 17.8 Å². The van der Waals surface area contributed by atoms with Crippen LogP contribution in [0.2, 0.25) is 5.02 Å². The van der Waals surface area contributed by atoms with Gasteiger partial charge in [0.25, 0.3) is 17.9 Å². The van der Waals surface area contributed by atoms with E-state index >= 15 is 0 Å². The standard InChI is InChI=1S/C26H36ClFN4O2.CH2O2/c1-6-8-20-22(26(34)30-17(4)24(20)28)15-29-25(33)21-13-18(27)14-23(16(21)3)32(7-2)19-9-11-31(5)12-10-19;2-1-3/h13-14,19H,6-12,15H2,1-5H3,(H,29,33)(H,30,34);1H,(H,2,3). The van der Waals surface area contributed by atoms with E-state index in [1.807, 2.05) is 19.9 Å². The first-order valence-corrected chi connectivity index (χ1v) is 13.0. The van der Waals surface area contributed by atoms with Crippen molar-refractivity contribution in [2.45, 2.75) is 66.0 Å². The molecule has 8 nitrogen and oxygen atoms in total. The Kier molecular flexibility index (Phi) is 11.6. The fraction of sp³-hybridized carbons (Fsp3) is 0.519. The molecule has 0 saturated carbocycles. The third-order valence-electron chi connectivity index (χ3n) is 6.83. The zero-order chi connectivity index (χ0) is 27.7. The van der Waals surface area contributed by atoms with Gasteiger partial charge >= 0.3 is 0 Å². The molecule has 0 atom stereocenters. The SMILES string of the molecule is CCCc1c(F)c(C)[nH]c(=O)c1CNC(=O)c1cc(Cl)cc(N(CC)C2CCN(C)CC2)c1C.O=CO. The normalized spacial score (nSPS) is 14.0. The maximum atomic E-state index is 14.7. The van der Waals surface area contributed by atoms with Gasteiger partial charge in [0, 0.05) is 46.5 Å². The number of amides is 1. The van der Waals surface area contributed by atoms with Crippen LogP contribution in [-0.4, -0.2) is 60.1 Å². The number of halogens is 2. The highest BCUT2D eigenvalue weighted by molar-refractivity contribution is 6.31. The molecule has 1 aliphatic rings. The second-order valence-electron chi connectivity index (χ2n) is 9.31. The van der Waals surface area contributed by atoms with Gasteiger partial charge in [0.05, 0.1) is 5.69 Å². The first-order chi connectivity index (χ1) is 17.6. The number of hydrogen-bond acceptors (Lipinski definition) is 5. The number of nitrogens with zero attached hydrogens (tertiary/aromatic N) is 2. The van der Waals surface area contributed by atoms with E-state index in [0.29, 0.717) is 35.0 Å². The van der Waals surface area contributed by atoms with Crippen LogP contribution in [0.4, 0.5) is 10.1 Å². The first-order valence-electron chi connectivity index (χ1n) is 12.6. The molecule has 0 bridgehead atoms. The summed E-state index contributed by atoms with van der Waals surface area (Å²) in [4.78, 5) is 41.3. The quantitative estimate of drug-likeness (QED) is 0.435. The molecule has 204 valence electrons. The molecule has 2 heterocycles. The highest BCUT2D eigenvalue weighted by Gasteiger charge is 2.26. The Morgan fingerprint density at radius 3 is 2.46 bits per heavy atom. The summed E-state index contributed by atoms with van der Waals surface area (Å²) in [5, 5.41) is 10.2. The van der Waals surface area contributed by atoms with Crippen LogP contribution >= 0.6 is 11.6 Å². The van der Waals surface area contributed by atoms with Crippen molar-refractivity contribution in [3.8, 4) is 0 Å². The molecule has 37 heavy (non-hydrogen) atoms. The van der Waals surface area contributed by atoms with Gasteiger partial charge in [-0.1, -0.05) is 24.9 Å². The van der Waals surface area contributed by atoms with Crippen LogP contribution in [0.15, 0.2) is 16.9 Å². The molecule has 0 radical (unpaired) electrons. The summed E-state index contributed by atoms with van der Waals surface area (Å²) in [6.07, 6.45) is 3.24. The lowest BCUT2D eigenvalue weighted by Gasteiger charge is -2.39. The van der Waals surface area contributed by atoms with Gasteiger partial charge in [-0.15, -0.1) is 0 Å². The third kappa shape index (κ3) is 7.55. The number of carbonyl (C=O) groups is 2. The number of pyridine rings is 1. The Hall–Kier alpha value is -2.91. The molecule has 0 aliphatic carbocycles. The van der Waals surface area contributed by atoms with Crippen molar-refractivity contribution in [1.82, 2.24) is 15.2 Å². The van der Waals surface area contributed by atoms with Crippen molar-refractivity contribution < 1.29 is 19.1 Å². The Morgan fingerprint density at radius 2 is 1.89 bits per heavy atom. The average molecular weight is 537 g/mol. The largest absolute Gasteiger partial charge is 0.483 e. The number of aromatic nitrogens is 1. The van der Waals surface area contributed by atoms with E-state index < -0.39 is 5.82 Å². The van der Waals surface area contributed by atoms with E-state index in [-0.39, 0.29) is 35.7 Å². The number of carbonyl (C=O) groups excluding carboxylic acids is 1. The van der Waals surface area contributed by atoms with Gasteiger partial charge in [-0.05, 0) is 77.9 Å². The highest BCUT2D eigenvalue weighted by atomic mass is 35.5. The Balaban J connectivity index is 0.00000153. The first kappa shape index (κ1) is 30.3. The second-order valence-corrected chi connectivity index (χ2v) is 9.74. The number of benzene rings is 1. The third-order valence-corrected chi connectivity index (χ3v) is 7.05. The maximum absolute atomic E-state index is 14.7. The van der Waals surface area contributed by atoms with E-state index in [9.17, 15) is 14.0 Å². The number of H-pyrrole nitrogens is 1. The molecule has 10 heteroatoms. The Labute approximate surface area is 222 Å². The van der Waals surface area contributed by atoms with E-state index in [2.05, 4.69) is 34.1 Å². The molecule has 1 saturated heterocycles. The van der Waals surface area contributed by atoms with Gasteiger partial charge in [0.2, 0.25) is 0 Å². The molecule has 0 unspecified atom stereocenters. The summed E-state index contributed by atoms with van der Waals surface area (Å²) in [7, 11) is 2.14. The molecule has 1 fully saturated rings. The minimum Gasteiger partial charge on any atom is -0.483 e. The molecule has 1 amide bonds.